The third-order valence-electron chi connectivity index (χ3n) is 7.27. The van der Waals surface area contributed by atoms with Crippen LogP contribution in [0.1, 0.15) is 0 Å². The molecule has 8 rings (SSSR count). The Bertz CT molecular complexity index is 2000. The van der Waals surface area contributed by atoms with Crippen LogP contribution in [0, 0.1) is 0 Å². The van der Waals surface area contributed by atoms with Crippen LogP contribution in [0.25, 0.3) is 66.1 Å². The molecule has 4 heterocycles. The van der Waals surface area contributed by atoms with Gasteiger partial charge in [0.1, 0.15) is 5.65 Å². The number of para-hydroxylation sites is 2. The molecule has 0 saturated carbocycles. The van der Waals surface area contributed by atoms with E-state index in [1.165, 1.54) is 54.9 Å². The van der Waals surface area contributed by atoms with Gasteiger partial charge in [0.25, 0.3) is 0 Å². The molecule has 3 heteroatoms. The minimum Gasteiger partial charge on any atom is -0.340 e. The first-order valence-electron chi connectivity index (χ1n) is 12.0. The van der Waals surface area contributed by atoms with Crippen LogP contribution in [-0.4, -0.2) is 14.0 Å². The molecule has 164 valence electrons. The SMILES string of the molecule is c1ccc(-c2c3c4cc(-n5c6ccccc6c6ccccc65)ccc4[nH]c3n3ccccc23)cc1. The van der Waals surface area contributed by atoms with Gasteiger partial charge in [0.15, 0.2) is 0 Å². The standard InChI is InChI=1S/C32H21N3/c1-2-10-21(11-3-1)30-29-16-8-9-19-34(29)32-31(30)25-20-22(17-18-26(25)33-32)35-27-14-6-4-12-23(27)24-13-5-7-15-28(24)35/h1-20,33H. The number of nitrogens with one attached hydrogen (secondary N) is 1. The Morgan fingerprint density at radius 3 is 1.97 bits per heavy atom. The summed E-state index contributed by atoms with van der Waals surface area (Å²) in [5.74, 6) is 0. The molecule has 0 aliphatic rings. The van der Waals surface area contributed by atoms with Gasteiger partial charge >= 0.3 is 0 Å². The lowest BCUT2D eigenvalue weighted by molar-refractivity contribution is 1.18. The Hall–Kier alpha value is -4.76. The molecule has 8 aromatic rings. The van der Waals surface area contributed by atoms with Crippen molar-refractivity contribution in [1.82, 2.24) is 14.0 Å². The molecule has 0 bridgehead atoms. The van der Waals surface area contributed by atoms with Gasteiger partial charge < -0.3 is 14.0 Å². The fourth-order valence-electron chi connectivity index (χ4n) is 5.81. The van der Waals surface area contributed by atoms with Crippen LogP contribution >= 0.6 is 0 Å². The Labute approximate surface area is 201 Å². The molecule has 0 spiro atoms. The minimum absolute atomic E-state index is 1.13. The van der Waals surface area contributed by atoms with Gasteiger partial charge in [0.05, 0.1) is 16.6 Å². The van der Waals surface area contributed by atoms with Crippen molar-refractivity contribution in [2.24, 2.45) is 0 Å². The number of pyridine rings is 1. The normalized spacial score (nSPS) is 12.0. The van der Waals surface area contributed by atoms with Crippen LogP contribution in [0.5, 0.6) is 0 Å². The van der Waals surface area contributed by atoms with Crippen molar-refractivity contribution in [2.45, 2.75) is 0 Å². The number of rotatable bonds is 2. The van der Waals surface area contributed by atoms with E-state index in [1.807, 2.05) is 0 Å². The summed E-state index contributed by atoms with van der Waals surface area (Å²) in [4.78, 5) is 3.71. The topological polar surface area (TPSA) is 25.1 Å². The highest BCUT2D eigenvalue weighted by Crippen LogP contribution is 2.41. The van der Waals surface area contributed by atoms with Crippen molar-refractivity contribution in [1.29, 1.82) is 0 Å². The molecule has 0 aliphatic heterocycles. The summed E-state index contributed by atoms with van der Waals surface area (Å²) in [6.45, 7) is 0. The maximum absolute atomic E-state index is 3.71. The van der Waals surface area contributed by atoms with Crippen molar-refractivity contribution < 1.29 is 0 Å². The summed E-state index contributed by atoms with van der Waals surface area (Å²) in [5.41, 5.74) is 9.62. The van der Waals surface area contributed by atoms with Crippen LogP contribution in [0.2, 0.25) is 0 Å². The lowest BCUT2D eigenvalue weighted by Gasteiger charge is -2.09. The summed E-state index contributed by atoms with van der Waals surface area (Å²) in [6, 6.07) is 41.3. The highest BCUT2D eigenvalue weighted by atomic mass is 15.0. The predicted octanol–water partition coefficient (Wildman–Crippen LogP) is 8.34. The summed E-state index contributed by atoms with van der Waals surface area (Å²) in [7, 11) is 0. The summed E-state index contributed by atoms with van der Waals surface area (Å²) in [6.07, 6.45) is 2.15. The second-order valence-electron chi connectivity index (χ2n) is 9.15. The number of fused-ring (bicyclic) bond motifs is 8. The van der Waals surface area contributed by atoms with E-state index in [0.717, 1.165) is 11.2 Å². The highest BCUT2D eigenvalue weighted by Gasteiger charge is 2.19. The van der Waals surface area contributed by atoms with Crippen LogP contribution < -0.4 is 0 Å². The first-order chi connectivity index (χ1) is 17.4. The van der Waals surface area contributed by atoms with E-state index < -0.39 is 0 Å². The van der Waals surface area contributed by atoms with E-state index in [0.29, 0.717) is 0 Å². The predicted molar refractivity (Wildman–Crippen MR) is 147 cm³/mol. The fraction of sp³-hybridized carbons (Fsp3) is 0. The Morgan fingerprint density at radius 2 is 1.20 bits per heavy atom. The first kappa shape index (κ1) is 18.6. The average Bonchev–Trinajstić information content (AvgIpc) is 3.56. The molecule has 0 saturated heterocycles. The van der Waals surface area contributed by atoms with Crippen molar-refractivity contribution in [2.75, 3.05) is 0 Å². The lowest BCUT2D eigenvalue weighted by Crippen LogP contribution is -1.93. The van der Waals surface area contributed by atoms with Gasteiger partial charge in [-0.2, -0.15) is 0 Å². The zero-order valence-corrected chi connectivity index (χ0v) is 18.9. The molecule has 4 aromatic heterocycles. The van der Waals surface area contributed by atoms with Crippen molar-refractivity contribution in [3.63, 3.8) is 0 Å². The van der Waals surface area contributed by atoms with Gasteiger partial charge in [-0.05, 0) is 48.0 Å². The van der Waals surface area contributed by atoms with E-state index in [1.54, 1.807) is 0 Å². The van der Waals surface area contributed by atoms with Crippen LogP contribution in [0.15, 0.2) is 121 Å². The zero-order chi connectivity index (χ0) is 22.9. The van der Waals surface area contributed by atoms with Crippen LogP contribution in [0.4, 0.5) is 0 Å². The van der Waals surface area contributed by atoms with Gasteiger partial charge in [-0.25, -0.2) is 0 Å². The maximum Gasteiger partial charge on any atom is 0.123 e. The summed E-state index contributed by atoms with van der Waals surface area (Å²) < 4.78 is 4.67. The van der Waals surface area contributed by atoms with Crippen molar-refractivity contribution in [3.8, 4) is 16.8 Å². The molecule has 0 unspecified atom stereocenters. The molecule has 0 aliphatic carbocycles. The number of aromatic nitrogens is 3. The van der Waals surface area contributed by atoms with Gasteiger partial charge in [-0.1, -0.05) is 72.8 Å². The Balaban J connectivity index is 1.52. The number of hydrogen-bond acceptors (Lipinski definition) is 0. The number of nitrogens with zero attached hydrogens (tertiary/aromatic N) is 2. The molecule has 4 aromatic carbocycles. The Kier molecular flexibility index (Phi) is 3.66. The lowest BCUT2D eigenvalue weighted by atomic mass is 10.0. The van der Waals surface area contributed by atoms with E-state index >= 15 is 0 Å². The number of H-pyrrole nitrogens is 1. The molecule has 0 radical (unpaired) electrons. The first-order valence-corrected chi connectivity index (χ1v) is 12.0. The minimum atomic E-state index is 1.13. The zero-order valence-electron chi connectivity index (χ0n) is 18.9. The third-order valence-corrected chi connectivity index (χ3v) is 7.27. The number of aromatic amines is 1. The molecular formula is C32H21N3. The van der Waals surface area contributed by atoms with E-state index in [9.17, 15) is 0 Å². The van der Waals surface area contributed by atoms with Gasteiger partial charge in [-0.15, -0.1) is 0 Å². The van der Waals surface area contributed by atoms with Crippen LogP contribution in [-0.2, 0) is 0 Å². The largest absolute Gasteiger partial charge is 0.340 e. The van der Waals surface area contributed by atoms with Gasteiger partial charge in [0, 0.05) is 44.5 Å². The van der Waals surface area contributed by atoms with Gasteiger partial charge in [-0.3, -0.25) is 0 Å². The van der Waals surface area contributed by atoms with Crippen LogP contribution in [0.3, 0.4) is 0 Å². The number of benzene rings is 4. The second kappa shape index (κ2) is 6.87. The smallest absolute Gasteiger partial charge is 0.123 e. The molecule has 1 N–H and O–H groups in total. The monoisotopic (exact) mass is 447 g/mol. The maximum atomic E-state index is 3.71. The van der Waals surface area contributed by atoms with E-state index in [4.69, 9.17) is 0 Å². The number of hydrogen-bond donors (Lipinski definition) is 1. The molecule has 3 nitrogen and oxygen atoms in total. The van der Waals surface area contributed by atoms with E-state index in [-0.39, 0.29) is 0 Å². The molecule has 0 atom stereocenters. The van der Waals surface area contributed by atoms with Gasteiger partial charge in [0.2, 0.25) is 0 Å². The molecule has 0 amide bonds. The summed E-state index contributed by atoms with van der Waals surface area (Å²) >= 11 is 0. The summed E-state index contributed by atoms with van der Waals surface area (Å²) in [5, 5.41) is 5.06. The fourth-order valence-corrected chi connectivity index (χ4v) is 5.81. The van der Waals surface area contributed by atoms with E-state index in [2.05, 4.69) is 135 Å². The van der Waals surface area contributed by atoms with Crippen molar-refractivity contribution >= 4 is 49.3 Å². The molecular weight excluding hydrogens is 426 g/mol. The Morgan fingerprint density at radius 1 is 0.543 bits per heavy atom. The molecule has 0 fully saturated rings. The second-order valence-corrected chi connectivity index (χ2v) is 9.15. The highest BCUT2D eigenvalue weighted by molar-refractivity contribution is 6.19. The molecule has 35 heavy (non-hydrogen) atoms. The third kappa shape index (κ3) is 2.50. The average molecular weight is 448 g/mol. The quantitative estimate of drug-likeness (QED) is 0.275. The van der Waals surface area contributed by atoms with Crippen molar-refractivity contribution in [3.05, 3.63) is 121 Å².